The summed E-state index contributed by atoms with van der Waals surface area (Å²) in [5, 5.41) is 11.8. The van der Waals surface area contributed by atoms with Gasteiger partial charge in [0.25, 0.3) is 0 Å². The molecule has 1 N–H and O–H groups in total. The second-order valence-electron chi connectivity index (χ2n) is 7.10. The van der Waals surface area contributed by atoms with Crippen LogP contribution in [0, 0.1) is 4.77 Å². The summed E-state index contributed by atoms with van der Waals surface area (Å²) in [5.41, 5.74) is 1.39. The van der Waals surface area contributed by atoms with E-state index in [-0.39, 0.29) is 5.97 Å². The minimum Gasteiger partial charge on any atom is -0.423 e. The van der Waals surface area contributed by atoms with Crippen molar-refractivity contribution in [3.05, 3.63) is 76.3 Å². The molecule has 0 bridgehead atoms. The Morgan fingerprint density at radius 2 is 1.83 bits per heavy atom. The van der Waals surface area contributed by atoms with E-state index in [0.717, 1.165) is 24.2 Å². The molecule has 1 saturated carbocycles. The third-order valence-electron chi connectivity index (χ3n) is 5.07. The highest BCUT2D eigenvalue weighted by atomic mass is 32.1. The predicted molar refractivity (Wildman–Crippen MR) is 114 cm³/mol. The molecule has 1 aromatic heterocycles. The number of nitrogens with zero attached hydrogens (tertiary/aromatic N) is 3. The van der Waals surface area contributed by atoms with Crippen molar-refractivity contribution in [2.75, 3.05) is 0 Å². The van der Waals surface area contributed by atoms with Crippen molar-refractivity contribution in [3.8, 4) is 5.75 Å². The van der Waals surface area contributed by atoms with Gasteiger partial charge in [-0.15, -0.1) is 0 Å². The minimum absolute atomic E-state index is 0.381. The van der Waals surface area contributed by atoms with Crippen molar-refractivity contribution < 1.29 is 9.53 Å². The zero-order chi connectivity index (χ0) is 20.1. The van der Waals surface area contributed by atoms with Gasteiger partial charge >= 0.3 is 5.97 Å². The SMILES string of the molecule is O=C(Oc1ccc(/C=N\n2c(C3CCCCC3)n[nH]c2=S)cc1)c1ccccc1. The Morgan fingerprint density at radius 3 is 2.55 bits per heavy atom. The maximum atomic E-state index is 12.1. The molecule has 1 heterocycles. The maximum absolute atomic E-state index is 12.1. The first-order valence-electron chi connectivity index (χ1n) is 9.80. The van der Waals surface area contributed by atoms with Crippen LogP contribution in [0.2, 0.25) is 0 Å². The van der Waals surface area contributed by atoms with E-state index in [4.69, 9.17) is 17.0 Å². The van der Waals surface area contributed by atoms with Crippen molar-refractivity contribution in [1.29, 1.82) is 0 Å². The number of carbonyl (C=O) groups excluding carboxylic acids is 1. The number of aromatic amines is 1. The van der Waals surface area contributed by atoms with Crippen molar-refractivity contribution in [2.24, 2.45) is 5.10 Å². The lowest BCUT2D eigenvalue weighted by Crippen LogP contribution is -2.10. The van der Waals surface area contributed by atoms with E-state index in [1.165, 1.54) is 19.3 Å². The van der Waals surface area contributed by atoms with Crippen molar-refractivity contribution in [1.82, 2.24) is 14.9 Å². The Labute approximate surface area is 174 Å². The van der Waals surface area contributed by atoms with Gasteiger partial charge < -0.3 is 4.74 Å². The summed E-state index contributed by atoms with van der Waals surface area (Å²) in [6, 6.07) is 16.1. The molecule has 0 amide bonds. The monoisotopic (exact) mass is 406 g/mol. The molecular weight excluding hydrogens is 384 g/mol. The molecule has 3 aromatic rings. The van der Waals surface area contributed by atoms with Crippen LogP contribution in [0.1, 0.15) is 59.8 Å². The number of hydrogen-bond acceptors (Lipinski definition) is 5. The minimum atomic E-state index is -0.381. The number of aromatic nitrogens is 3. The van der Waals surface area contributed by atoms with Gasteiger partial charge in [-0.1, -0.05) is 37.5 Å². The zero-order valence-corrected chi connectivity index (χ0v) is 16.8. The van der Waals surface area contributed by atoms with Gasteiger partial charge in [0.1, 0.15) is 5.75 Å². The summed E-state index contributed by atoms with van der Waals surface area (Å²) < 4.78 is 7.62. The van der Waals surface area contributed by atoms with Crippen LogP contribution in [0.25, 0.3) is 0 Å². The highest BCUT2D eigenvalue weighted by Crippen LogP contribution is 2.31. The Hall–Kier alpha value is -3.06. The predicted octanol–water partition coefficient (Wildman–Crippen LogP) is 5.09. The van der Waals surface area contributed by atoms with E-state index in [2.05, 4.69) is 15.3 Å². The van der Waals surface area contributed by atoms with Crippen LogP contribution in [-0.4, -0.2) is 27.1 Å². The van der Waals surface area contributed by atoms with Gasteiger partial charge in [-0.05, 0) is 67.0 Å². The molecule has 0 aliphatic heterocycles. The van der Waals surface area contributed by atoms with E-state index in [9.17, 15) is 4.79 Å². The molecule has 7 heteroatoms. The smallest absolute Gasteiger partial charge is 0.343 e. The number of esters is 1. The first-order valence-corrected chi connectivity index (χ1v) is 10.2. The zero-order valence-electron chi connectivity index (χ0n) is 16.0. The maximum Gasteiger partial charge on any atom is 0.343 e. The molecule has 0 radical (unpaired) electrons. The lowest BCUT2D eigenvalue weighted by Gasteiger charge is -2.19. The largest absolute Gasteiger partial charge is 0.423 e. The molecule has 0 unspecified atom stereocenters. The number of rotatable bonds is 5. The van der Waals surface area contributed by atoms with Gasteiger partial charge in [0.15, 0.2) is 5.82 Å². The van der Waals surface area contributed by atoms with Crippen LogP contribution < -0.4 is 4.74 Å². The van der Waals surface area contributed by atoms with Crippen molar-refractivity contribution >= 4 is 24.4 Å². The van der Waals surface area contributed by atoms with Gasteiger partial charge in [-0.2, -0.15) is 14.9 Å². The average Bonchev–Trinajstić information content (AvgIpc) is 3.15. The van der Waals surface area contributed by atoms with Gasteiger partial charge in [-0.25, -0.2) is 4.79 Å². The second kappa shape index (κ2) is 8.96. The van der Waals surface area contributed by atoms with Gasteiger partial charge in [-0.3, -0.25) is 5.10 Å². The molecule has 0 saturated heterocycles. The topological polar surface area (TPSA) is 72.3 Å². The van der Waals surface area contributed by atoms with Gasteiger partial charge in [0, 0.05) is 5.92 Å². The summed E-state index contributed by atoms with van der Waals surface area (Å²) >= 11 is 5.35. The average molecular weight is 407 g/mol. The Bertz CT molecular complexity index is 1050. The molecule has 148 valence electrons. The van der Waals surface area contributed by atoms with E-state index in [0.29, 0.717) is 22.0 Å². The van der Waals surface area contributed by atoms with Crippen LogP contribution in [0.5, 0.6) is 5.75 Å². The second-order valence-corrected chi connectivity index (χ2v) is 7.49. The third kappa shape index (κ3) is 4.68. The van der Waals surface area contributed by atoms with E-state index < -0.39 is 0 Å². The Morgan fingerprint density at radius 1 is 1.10 bits per heavy atom. The normalized spacial score (nSPS) is 14.9. The molecule has 29 heavy (non-hydrogen) atoms. The lowest BCUT2D eigenvalue weighted by molar-refractivity contribution is 0.0735. The fourth-order valence-electron chi connectivity index (χ4n) is 3.53. The molecule has 1 aliphatic carbocycles. The van der Waals surface area contributed by atoms with Crippen LogP contribution in [-0.2, 0) is 0 Å². The van der Waals surface area contributed by atoms with Crippen molar-refractivity contribution in [3.63, 3.8) is 0 Å². The fraction of sp³-hybridized carbons (Fsp3) is 0.273. The number of ether oxygens (including phenoxy) is 1. The standard InChI is InChI=1S/C22H22N4O2S/c27-21(18-9-5-2-6-10-18)28-19-13-11-16(12-14-19)15-23-26-20(24-25-22(26)29)17-7-3-1-4-8-17/h2,5-6,9-15,17H,1,3-4,7-8H2,(H,25,29)/b23-15-. The highest BCUT2D eigenvalue weighted by Gasteiger charge is 2.21. The molecule has 0 atom stereocenters. The molecule has 6 nitrogen and oxygen atoms in total. The molecule has 2 aromatic carbocycles. The number of nitrogens with one attached hydrogen (secondary N) is 1. The fourth-order valence-corrected chi connectivity index (χ4v) is 3.71. The number of benzene rings is 2. The van der Waals surface area contributed by atoms with Crippen LogP contribution in [0.4, 0.5) is 0 Å². The first-order chi connectivity index (χ1) is 14.2. The summed E-state index contributed by atoms with van der Waals surface area (Å²) in [4.78, 5) is 12.1. The Balaban J connectivity index is 1.45. The number of hydrogen-bond donors (Lipinski definition) is 1. The summed E-state index contributed by atoms with van der Waals surface area (Å²) in [6.07, 6.45) is 7.70. The molecule has 1 fully saturated rings. The molecule has 1 aliphatic rings. The summed E-state index contributed by atoms with van der Waals surface area (Å²) in [5.74, 6) is 1.40. The summed E-state index contributed by atoms with van der Waals surface area (Å²) in [7, 11) is 0. The molecule has 4 rings (SSSR count). The van der Waals surface area contributed by atoms with Crippen LogP contribution in [0.3, 0.4) is 0 Å². The quantitative estimate of drug-likeness (QED) is 0.277. The molecule has 0 spiro atoms. The Kier molecular flexibility index (Phi) is 5.95. The summed E-state index contributed by atoms with van der Waals surface area (Å²) in [6.45, 7) is 0. The van der Waals surface area contributed by atoms with E-state index >= 15 is 0 Å². The van der Waals surface area contributed by atoms with Crippen molar-refractivity contribution in [2.45, 2.75) is 38.0 Å². The van der Waals surface area contributed by atoms with E-state index in [1.54, 1.807) is 47.3 Å². The lowest BCUT2D eigenvalue weighted by atomic mass is 9.89. The van der Waals surface area contributed by atoms with Gasteiger partial charge in [0.2, 0.25) is 4.77 Å². The third-order valence-corrected chi connectivity index (χ3v) is 5.33. The number of carbonyl (C=O) groups is 1. The number of H-pyrrole nitrogens is 1. The highest BCUT2D eigenvalue weighted by molar-refractivity contribution is 7.71. The van der Waals surface area contributed by atoms with Crippen LogP contribution >= 0.6 is 12.2 Å². The van der Waals surface area contributed by atoms with Crippen LogP contribution in [0.15, 0.2) is 59.7 Å². The molecular formula is C22H22N4O2S. The van der Waals surface area contributed by atoms with Gasteiger partial charge in [0.05, 0.1) is 11.8 Å². The first kappa shape index (κ1) is 19.3. The van der Waals surface area contributed by atoms with E-state index in [1.807, 2.05) is 18.2 Å².